The second kappa shape index (κ2) is 35.6. The number of pyridine rings is 1. The maximum Gasteiger partial charge on any atom is 0.344 e. The normalized spacial score (nSPS) is 11.5. The second-order valence-corrected chi connectivity index (χ2v) is 21.0. The lowest BCUT2D eigenvalue weighted by molar-refractivity contribution is -0.145. The van der Waals surface area contributed by atoms with E-state index in [1.807, 2.05) is 0 Å². The van der Waals surface area contributed by atoms with Gasteiger partial charge in [0.25, 0.3) is 0 Å². The molecule has 3 heterocycles. The summed E-state index contributed by atoms with van der Waals surface area (Å²) in [6, 6.07) is 10.5. The zero-order valence-electron chi connectivity index (χ0n) is 47.0. The van der Waals surface area contributed by atoms with Crippen molar-refractivity contribution in [1.82, 2.24) is 34.3 Å². The third-order valence-corrected chi connectivity index (χ3v) is 14.8. The van der Waals surface area contributed by atoms with E-state index in [0.717, 1.165) is 0 Å². The molecular formula is C54H77N7O16P2. The number of esters is 3. The fourth-order valence-corrected chi connectivity index (χ4v) is 10.9. The molecule has 434 valence electrons. The van der Waals surface area contributed by atoms with Crippen molar-refractivity contribution in [3.05, 3.63) is 76.9 Å². The first-order valence-corrected chi connectivity index (χ1v) is 29.8. The molecule has 0 saturated carbocycles. The summed E-state index contributed by atoms with van der Waals surface area (Å²) < 4.78 is 91.3. The van der Waals surface area contributed by atoms with Crippen LogP contribution in [-0.4, -0.2) is 165 Å². The van der Waals surface area contributed by atoms with E-state index in [9.17, 15) is 23.5 Å². The zero-order valence-corrected chi connectivity index (χ0v) is 48.8. The summed E-state index contributed by atoms with van der Waals surface area (Å²) in [7, 11) is -4.14. The fourth-order valence-electron chi connectivity index (χ4n) is 7.50. The van der Waals surface area contributed by atoms with Gasteiger partial charge in [0.15, 0.2) is 11.6 Å². The number of benzene rings is 1. The van der Waals surface area contributed by atoms with Gasteiger partial charge >= 0.3 is 33.1 Å². The van der Waals surface area contributed by atoms with Gasteiger partial charge in [-0.15, -0.1) is 0 Å². The molecule has 0 radical (unpaired) electrons. The quantitative estimate of drug-likeness (QED) is 0.0139. The van der Waals surface area contributed by atoms with Gasteiger partial charge < -0.3 is 51.3 Å². The lowest BCUT2D eigenvalue weighted by Crippen LogP contribution is -2.32. The molecule has 0 aliphatic heterocycles. The maximum atomic E-state index is 13.7. The molecule has 0 spiro atoms. The fraction of sp³-hybridized carbons (Fsp3) is 0.556. The minimum Gasteiger partial charge on any atom is -0.490 e. The molecule has 3 aromatic heterocycles. The third-order valence-electron chi connectivity index (χ3n) is 10.7. The van der Waals surface area contributed by atoms with Crippen LogP contribution in [0.15, 0.2) is 48.8 Å². The Balaban J connectivity index is 1.86. The average Bonchev–Trinajstić information content (AvgIpc) is 4.11. The molecule has 0 unspecified atom stereocenters. The molecule has 0 fully saturated rings. The van der Waals surface area contributed by atoms with E-state index in [-0.39, 0.29) is 97.6 Å². The molecule has 79 heavy (non-hydrogen) atoms. The first kappa shape index (κ1) is 65.6. The van der Waals surface area contributed by atoms with E-state index in [0.29, 0.717) is 96.7 Å². The van der Waals surface area contributed by atoms with Crippen LogP contribution in [0.5, 0.6) is 11.5 Å². The van der Waals surface area contributed by atoms with Gasteiger partial charge in [0, 0.05) is 70.2 Å². The number of carbonyl (C=O) groups excluding carboxylic acids is 3. The molecule has 23 nitrogen and oxygen atoms in total. The highest BCUT2D eigenvalue weighted by Gasteiger charge is 2.31. The third kappa shape index (κ3) is 23.4. The zero-order chi connectivity index (χ0) is 57.5. The van der Waals surface area contributed by atoms with Gasteiger partial charge in [0.1, 0.15) is 37.3 Å². The van der Waals surface area contributed by atoms with E-state index in [1.54, 1.807) is 121 Å². The largest absolute Gasteiger partial charge is 0.490 e. The molecule has 0 aliphatic carbocycles. The smallest absolute Gasteiger partial charge is 0.344 e. The van der Waals surface area contributed by atoms with Gasteiger partial charge in [0.2, 0.25) is 0 Å². The number of carbonyl (C=O) groups is 3. The molecule has 0 N–H and O–H groups in total. The Morgan fingerprint density at radius 2 is 1.00 bits per heavy atom. The minimum absolute atomic E-state index is 0.0587. The van der Waals surface area contributed by atoms with Crippen LogP contribution in [0.3, 0.4) is 0 Å². The van der Waals surface area contributed by atoms with Gasteiger partial charge in [-0.25, -0.2) is 14.3 Å². The first-order valence-electron chi connectivity index (χ1n) is 26.4. The molecule has 25 heteroatoms. The van der Waals surface area contributed by atoms with Crippen molar-refractivity contribution >= 4 is 33.1 Å². The lowest BCUT2D eigenvalue weighted by atomic mass is 10.1. The summed E-state index contributed by atoms with van der Waals surface area (Å²) in [5.41, 5.74) is 2.49. The number of hydrogen-bond acceptors (Lipinski definition) is 21. The highest BCUT2D eigenvalue weighted by Crippen LogP contribution is 2.49. The number of rotatable bonds is 37. The summed E-state index contributed by atoms with van der Waals surface area (Å²) >= 11 is 0. The van der Waals surface area contributed by atoms with Crippen molar-refractivity contribution in [3.63, 3.8) is 0 Å². The van der Waals surface area contributed by atoms with Crippen molar-refractivity contribution in [2.45, 2.75) is 87.2 Å². The standard InChI is InChI=1S/C54H77N7O16P2/c1-10-69-52(62)22-20-18-17-19-21-44-35-49(73-32-30-68-9)45(36-48(44)72-31-29-67-8)24-23-43-33-50(60-27-25-46(56-60)37-58(39-53(63)70-11-2)41-78(65,74-13-4)75-14-5)55-51(34-43)61-28-26-47(57-61)38-59(40-54(64)71-12-3)42-79(66,76-15-6)77-16-7/h25-28,33-36H,10-18,20,22,29-32,37-42H2,1-9H3. The predicted molar refractivity (Wildman–Crippen MR) is 293 cm³/mol. The topological polar surface area (TPSA) is 242 Å². The highest BCUT2D eigenvalue weighted by molar-refractivity contribution is 7.54. The van der Waals surface area contributed by atoms with Gasteiger partial charge in [-0.3, -0.25) is 33.3 Å². The van der Waals surface area contributed by atoms with Gasteiger partial charge in [-0.05, 0) is 85.6 Å². The number of methoxy groups -OCH3 is 2. The number of nitrogens with zero attached hydrogens (tertiary/aromatic N) is 7. The molecule has 1 aromatic carbocycles. The molecule has 4 rings (SSSR count). The van der Waals surface area contributed by atoms with Crippen LogP contribution in [0.4, 0.5) is 0 Å². The summed E-state index contributed by atoms with van der Waals surface area (Å²) in [5.74, 6) is 13.2. The van der Waals surface area contributed by atoms with Crippen molar-refractivity contribution in [2.24, 2.45) is 0 Å². The van der Waals surface area contributed by atoms with Crippen LogP contribution in [0, 0.1) is 23.7 Å². The number of unbranched alkanes of at least 4 members (excludes halogenated alkanes) is 2. The van der Waals surface area contributed by atoms with E-state index in [2.05, 4.69) is 23.7 Å². The summed E-state index contributed by atoms with van der Waals surface area (Å²) in [4.78, 5) is 45.6. The number of ether oxygens (including phenoxy) is 7. The molecule has 0 bridgehead atoms. The lowest BCUT2D eigenvalue weighted by Gasteiger charge is -2.25. The SMILES string of the molecule is CCOC(=O)CCCCC#Cc1cc(OCCOC)c(C#Cc2cc(-n3ccc(CN(CC(=O)OCC)CP(=O)(OCC)OCC)n3)nc(-n3ccc(CN(CC(=O)OCC)CP(=O)(OCC)OCC)n3)c2)cc1OCCOC. The first-order chi connectivity index (χ1) is 38.2. The van der Waals surface area contributed by atoms with Gasteiger partial charge in [-0.1, -0.05) is 23.7 Å². The summed E-state index contributed by atoms with van der Waals surface area (Å²) in [5, 5.41) is 9.66. The van der Waals surface area contributed by atoms with Gasteiger partial charge in [0.05, 0.1) is 95.1 Å². The molecule has 0 saturated heterocycles. The second-order valence-electron chi connectivity index (χ2n) is 16.9. The van der Waals surface area contributed by atoms with Crippen LogP contribution in [-0.2, 0) is 78.4 Å². The van der Waals surface area contributed by atoms with Crippen molar-refractivity contribution < 1.29 is 74.8 Å². The van der Waals surface area contributed by atoms with E-state index < -0.39 is 27.1 Å². The van der Waals surface area contributed by atoms with E-state index in [1.165, 1.54) is 9.36 Å². The Labute approximate surface area is 464 Å². The average molecular weight is 1140 g/mol. The van der Waals surface area contributed by atoms with Crippen LogP contribution in [0.2, 0.25) is 0 Å². The van der Waals surface area contributed by atoms with Crippen molar-refractivity contribution in [2.75, 3.05) is 113 Å². The maximum absolute atomic E-state index is 13.7. The van der Waals surface area contributed by atoms with Crippen LogP contribution < -0.4 is 9.47 Å². The van der Waals surface area contributed by atoms with Crippen LogP contribution >= 0.6 is 15.2 Å². The molecule has 0 aliphatic rings. The predicted octanol–water partition coefficient (Wildman–Crippen LogP) is 7.56. The molecule has 0 amide bonds. The van der Waals surface area contributed by atoms with Crippen LogP contribution in [0.25, 0.3) is 11.6 Å². The summed E-state index contributed by atoms with van der Waals surface area (Å²) in [6.07, 6.45) is 5.16. The Morgan fingerprint density at radius 3 is 1.43 bits per heavy atom. The molecule has 0 atom stereocenters. The highest BCUT2D eigenvalue weighted by atomic mass is 31.2. The van der Waals surface area contributed by atoms with Crippen LogP contribution in [0.1, 0.15) is 102 Å². The molecule has 4 aromatic rings. The van der Waals surface area contributed by atoms with E-state index in [4.69, 9.17) is 66.4 Å². The Hall–Kier alpha value is -5.94. The van der Waals surface area contributed by atoms with E-state index >= 15 is 0 Å². The Kier molecular flexibility index (Phi) is 29.6. The Morgan fingerprint density at radius 1 is 0.557 bits per heavy atom. The monoisotopic (exact) mass is 1140 g/mol. The Bertz CT molecular complexity index is 2630. The summed E-state index contributed by atoms with van der Waals surface area (Å²) in [6.45, 7) is 13.9. The van der Waals surface area contributed by atoms with Crippen molar-refractivity contribution in [3.8, 4) is 46.8 Å². The molecular weight excluding hydrogens is 1060 g/mol. The number of hydrogen-bond donors (Lipinski definition) is 0. The number of aromatic nitrogens is 5. The minimum atomic E-state index is -3.65. The van der Waals surface area contributed by atoms with Gasteiger partial charge in [-0.2, -0.15) is 10.2 Å². The van der Waals surface area contributed by atoms with Crippen molar-refractivity contribution in [1.29, 1.82) is 0 Å².